The van der Waals surface area contributed by atoms with Gasteiger partial charge in [-0.1, -0.05) is 24.3 Å². The van der Waals surface area contributed by atoms with Gasteiger partial charge >= 0.3 is 6.03 Å². The summed E-state index contributed by atoms with van der Waals surface area (Å²) in [6.45, 7) is 2.00. The van der Waals surface area contributed by atoms with Crippen LogP contribution in [0.2, 0.25) is 0 Å². The van der Waals surface area contributed by atoms with Crippen LogP contribution in [-0.4, -0.2) is 30.3 Å². The van der Waals surface area contributed by atoms with Crippen LogP contribution in [0.25, 0.3) is 0 Å². The SMILES string of the molecule is O=CCCCNC(=O)N1CCc2ccccc2C1. The molecule has 2 amide bonds. The molecule has 0 spiro atoms. The third-order valence-corrected chi connectivity index (χ3v) is 3.19. The van der Waals surface area contributed by atoms with E-state index in [1.807, 2.05) is 17.0 Å². The average molecular weight is 246 g/mol. The average Bonchev–Trinajstić information content (AvgIpc) is 2.43. The number of rotatable bonds is 4. The molecule has 0 unspecified atom stereocenters. The van der Waals surface area contributed by atoms with Gasteiger partial charge in [-0.05, 0) is 24.0 Å². The van der Waals surface area contributed by atoms with Crippen LogP contribution in [0.15, 0.2) is 24.3 Å². The fraction of sp³-hybridized carbons (Fsp3) is 0.429. The summed E-state index contributed by atoms with van der Waals surface area (Å²) in [5.74, 6) is 0. The van der Waals surface area contributed by atoms with Crippen molar-refractivity contribution < 1.29 is 9.59 Å². The van der Waals surface area contributed by atoms with E-state index in [1.54, 1.807) is 0 Å². The van der Waals surface area contributed by atoms with Gasteiger partial charge in [-0.25, -0.2) is 4.79 Å². The number of nitrogens with zero attached hydrogens (tertiary/aromatic N) is 1. The Morgan fingerprint density at radius 1 is 1.33 bits per heavy atom. The van der Waals surface area contributed by atoms with Crippen LogP contribution in [0.1, 0.15) is 24.0 Å². The van der Waals surface area contributed by atoms with Crippen molar-refractivity contribution in [3.63, 3.8) is 0 Å². The predicted molar refractivity (Wildman–Crippen MR) is 69.3 cm³/mol. The Morgan fingerprint density at radius 3 is 2.89 bits per heavy atom. The molecular formula is C14H18N2O2. The maximum atomic E-state index is 11.9. The van der Waals surface area contributed by atoms with Crippen molar-refractivity contribution in [2.24, 2.45) is 0 Å². The van der Waals surface area contributed by atoms with Crippen molar-refractivity contribution in [1.82, 2.24) is 10.2 Å². The van der Waals surface area contributed by atoms with Gasteiger partial charge in [-0.2, -0.15) is 0 Å². The molecule has 0 saturated heterocycles. The Hall–Kier alpha value is -1.84. The van der Waals surface area contributed by atoms with Crippen LogP contribution in [0.5, 0.6) is 0 Å². The summed E-state index contributed by atoms with van der Waals surface area (Å²) in [6, 6.07) is 8.20. The lowest BCUT2D eigenvalue weighted by atomic mass is 10.0. The van der Waals surface area contributed by atoms with Crippen LogP contribution >= 0.6 is 0 Å². The van der Waals surface area contributed by atoms with Gasteiger partial charge in [0.1, 0.15) is 6.29 Å². The smallest absolute Gasteiger partial charge is 0.317 e. The first-order valence-corrected chi connectivity index (χ1v) is 6.34. The zero-order chi connectivity index (χ0) is 12.8. The third kappa shape index (κ3) is 3.09. The lowest BCUT2D eigenvalue weighted by Crippen LogP contribution is -2.43. The molecule has 1 aliphatic rings. The highest BCUT2D eigenvalue weighted by atomic mass is 16.2. The minimum atomic E-state index is -0.0320. The molecule has 2 rings (SSSR count). The predicted octanol–water partition coefficient (Wildman–Crippen LogP) is 1.73. The number of aldehydes is 1. The molecule has 0 bridgehead atoms. The highest BCUT2D eigenvalue weighted by Crippen LogP contribution is 2.18. The van der Waals surface area contributed by atoms with Crippen LogP contribution < -0.4 is 5.32 Å². The number of urea groups is 1. The van der Waals surface area contributed by atoms with Crippen LogP contribution in [-0.2, 0) is 17.8 Å². The monoisotopic (exact) mass is 246 g/mol. The van der Waals surface area contributed by atoms with E-state index in [1.165, 1.54) is 11.1 Å². The fourth-order valence-electron chi connectivity index (χ4n) is 2.16. The zero-order valence-corrected chi connectivity index (χ0v) is 10.4. The molecule has 1 N–H and O–H groups in total. The number of amides is 2. The summed E-state index contributed by atoms with van der Waals surface area (Å²) in [5.41, 5.74) is 2.56. The molecule has 0 saturated carbocycles. The third-order valence-electron chi connectivity index (χ3n) is 3.19. The van der Waals surface area contributed by atoms with Gasteiger partial charge in [0.2, 0.25) is 0 Å². The van der Waals surface area contributed by atoms with E-state index < -0.39 is 0 Å². The molecule has 0 radical (unpaired) electrons. The highest BCUT2D eigenvalue weighted by Gasteiger charge is 2.19. The van der Waals surface area contributed by atoms with Crippen molar-refractivity contribution in [3.8, 4) is 0 Å². The molecule has 4 nitrogen and oxygen atoms in total. The zero-order valence-electron chi connectivity index (χ0n) is 10.4. The number of hydrogen-bond acceptors (Lipinski definition) is 2. The second kappa shape index (κ2) is 6.19. The van der Waals surface area contributed by atoms with E-state index in [0.29, 0.717) is 25.9 Å². The largest absolute Gasteiger partial charge is 0.338 e. The quantitative estimate of drug-likeness (QED) is 0.649. The minimum absolute atomic E-state index is 0.0320. The van der Waals surface area contributed by atoms with Gasteiger partial charge in [-0.3, -0.25) is 0 Å². The van der Waals surface area contributed by atoms with Crippen molar-refractivity contribution in [3.05, 3.63) is 35.4 Å². The molecule has 0 fully saturated rings. The first-order valence-electron chi connectivity index (χ1n) is 6.34. The van der Waals surface area contributed by atoms with Crippen molar-refractivity contribution >= 4 is 12.3 Å². The topological polar surface area (TPSA) is 49.4 Å². The van der Waals surface area contributed by atoms with Crippen LogP contribution in [0.4, 0.5) is 4.79 Å². The van der Waals surface area contributed by atoms with Gasteiger partial charge in [0, 0.05) is 26.1 Å². The summed E-state index contributed by atoms with van der Waals surface area (Å²) in [5, 5.41) is 2.85. The van der Waals surface area contributed by atoms with E-state index in [9.17, 15) is 9.59 Å². The highest BCUT2D eigenvalue weighted by molar-refractivity contribution is 5.74. The Morgan fingerprint density at radius 2 is 2.11 bits per heavy atom. The molecule has 0 aliphatic carbocycles. The summed E-state index contributed by atoms with van der Waals surface area (Å²) in [4.78, 5) is 23.9. The number of carbonyl (C=O) groups is 2. The molecular weight excluding hydrogens is 228 g/mol. The van der Waals surface area contributed by atoms with Crippen molar-refractivity contribution in [2.45, 2.75) is 25.8 Å². The first-order chi connectivity index (χ1) is 8.81. The molecule has 1 heterocycles. The molecule has 1 aliphatic heterocycles. The minimum Gasteiger partial charge on any atom is -0.338 e. The summed E-state index contributed by atoms with van der Waals surface area (Å²) >= 11 is 0. The Bertz CT molecular complexity index is 432. The molecule has 0 aromatic heterocycles. The van der Waals surface area contributed by atoms with Gasteiger partial charge < -0.3 is 15.0 Å². The fourth-order valence-corrected chi connectivity index (χ4v) is 2.16. The molecule has 18 heavy (non-hydrogen) atoms. The number of hydrogen-bond donors (Lipinski definition) is 1. The van der Waals surface area contributed by atoms with Crippen LogP contribution in [0, 0.1) is 0 Å². The van der Waals surface area contributed by atoms with E-state index in [2.05, 4.69) is 17.4 Å². The number of unbranched alkanes of at least 4 members (excludes halogenated alkanes) is 1. The van der Waals surface area contributed by atoms with E-state index >= 15 is 0 Å². The van der Waals surface area contributed by atoms with Crippen molar-refractivity contribution in [2.75, 3.05) is 13.1 Å². The number of nitrogens with one attached hydrogen (secondary N) is 1. The van der Waals surface area contributed by atoms with Crippen LogP contribution in [0.3, 0.4) is 0 Å². The van der Waals surface area contributed by atoms with Gasteiger partial charge in [0.25, 0.3) is 0 Å². The summed E-state index contributed by atoms with van der Waals surface area (Å²) < 4.78 is 0. The Kier molecular flexibility index (Phi) is 4.34. The molecule has 1 aromatic rings. The maximum absolute atomic E-state index is 11.9. The van der Waals surface area contributed by atoms with Gasteiger partial charge in [-0.15, -0.1) is 0 Å². The standard InChI is InChI=1S/C14H18N2O2/c17-10-4-3-8-15-14(18)16-9-7-12-5-1-2-6-13(12)11-16/h1-2,5-6,10H,3-4,7-9,11H2,(H,15,18). The lowest BCUT2D eigenvalue weighted by molar-refractivity contribution is -0.107. The second-order valence-corrected chi connectivity index (χ2v) is 4.48. The summed E-state index contributed by atoms with van der Waals surface area (Å²) in [6.07, 6.45) is 3.00. The van der Waals surface area contributed by atoms with E-state index in [-0.39, 0.29) is 6.03 Å². The normalized spacial score (nSPS) is 13.9. The number of carbonyl (C=O) groups excluding carboxylic acids is 2. The Labute approximate surface area is 107 Å². The molecule has 96 valence electrons. The lowest BCUT2D eigenvalue weighted by Gasteiger charge is -2.28. The van der Waals surface area contributed by atoms with E-state index in [4.69, 9.17) is 0 Å². The van der Waals surface area contributed by atoms with Gasteiger partial charge in [0.15, 0.2) is 0 Å². The van der Waals surface area contributed by atoms with E-state index in [0.717, 1.165) is 19.3 Å². The second-order valence-electron chi connectivity index (χ2n) is 4.48. The number of benzene rings is 1. The first kappa shape index (κ1) is 12.6. The molecule has 1 aromatic carbocycles. The molecule has 0 atom stereocenters. The maximum Gasteiger partial charge on any atom is 0.317 e. The Balaban J connectivity index is 1.85. The number of fused-ring (bicyclic) bond motifs is 1. The summed E-state index contributed by atoms with van der Waals surface area (Å²) in [7, 11) is 0. The van der Waals surface area contributed by atoms with Gasteiger partial charge in [0.05, 0.1) is 0 Å². The van der Waals surface area contributed by atoms with Crippen molar-refractivity contribution in [1.29, 1.82) is 0 Å². The molecule has 4 heteroatoms.